The van der Waals surface area contributed by atoms with Crippen LogP contribution in [0.4, 0.5) is 8.78 Å². The summed E-state index contributed by atoms with van der Waals surface area (Å²) < 4.78 is 31.4. The third kappa shape index (κ3) is 7.46. The maximum Gasteiger partial charge on any atom is 0.177 e. The molecule has 0 spiro atoms. The zero-order valence-corrected chi connectivity index (χ0v) is 41.7. The highest BCUT2D eigenvalue weighted by Gasteiger charge is 2.46. The summed E-state index contributed by atoms with van der Waals surface area (Å²) in [4.78, 5) is 0. The normalized spacial score (nSPS) is 17.2. The summed E-state index contributed by atoms with van der Waals surface area (Å²) >= 11 is 2.42. The first-order valence-corrected chi connectivity index (χ1v) is 29.0. The van der Waals surface area contributed by atoms with Gasteiger partial charge in [0, 0.05) is 20.5 Å². The van der Waals surface area contributed by atoms with Crippen LogP contribution in [-0.2, 0) is 0 Å². The van der Waals surface area contributed by atoms with Gasteiger partial charge >= 0.3 is 0 Å². The van der Waals surface area contributed by atoms with Crippen LogP contribution in [0.15, 0.2) is 60.7 Å². The van der Waals surface area contributed by atoms with Crippen LogP contribution in [0.5, 0.6) is 0 Å². The molecular formula is C54H64F2S2Si2. The number of thiophene rings is 2. The van der Waals surface area contributed by atoms with Crippen LogP contribution in [0, 0.1) is 33.2 Å². The fourth-order valence-electron chi connectivity index (χ4n) is 11.0. The molecule has 0 radical (unpaired) electrons. The molecule has 60 heavy (non-hydrogen) atoms. The minimum atomic E-state index is -2.21. The van der Waals surface area contributed by atoms with Gasteiger partial charge in [0.15, 0.2) is 10.3 Å². The molecule has 0 nitrogen and oxygen atoms in total. The van der Waals surface area contributed by atoms with Crippen molar-refractivity contribution >= 4 is 102 Å². The Kier molecular flexibility index (Phi) is 13.1. The van der Waals surface area contributed by atoms with Crippen LogP contribution in [0.25, 0.3) is 63.3 Å². The van der Waals surface area contributed by atoms with Gasteiger partial charge in [-0.25, -0.2) is 0 Å². The van der Waals surface area contributed by atoms with Crippen molar-refractivity contribution in [2.45, 2.75) is 155 Å². The molecule has 0 aliphatic carbocycles. The Labute approximate surface area is 368 Å². The first-order valence-electron chi connectivity index (χ1n) is 22.9. The number of benzene rings is 5. The highest BCUT2D eigenvalue weighted by molar-refractivity contribution is 7.17. The number of hydrogen-bond acceptors (Lipinski definition) is 2. The van der Waals surface area contributed by atoms with Crippen LogP contribution in [0.1, 0.15) is 133 Å². The van der Waals surface area contributed by atoms with Crippen LogP contribution in [-0.4, -0.2) is 16.1 Å². The first-order chi connectivity index (χ1) is 28.7. The SMILES string of the molecule is CCC(C)[Si](C#Cc1c2cc3cc4cc(F)sc4cc3cc2c(C#C[Si](C(C)CC)(C(C)CC)C(C)CC)c2cc3cc4cc(F)sc4cc3cc12)(C(C)CC)C(C)CC. The van der Waals surface area contributed by atoms with E-state index in [-0.39, 0.29) is 10.3 Å². The summed E-state index contributed by atoms with van der Waals surface area (Å²) in [6.07, 6.45) is 6.72. The molecule has 5 aromatic carbocycles. The molecule has 0 saturated carbocycles. The topological polar surface area (TPSA) is 0 Å². The Morgan fingerprint density at radius 2 is 0.667 bits per heavy atom. The molecule has 6 heteroatoms. The molecule has 0 N–H and O–H groups in total. The number of rotatable bonds is 12. The molecule has 0 aliphatic rings. The second kappa shape index (κ2) is 17.7. The summed E-state index contributed by atoms with van der Waals surface area (Å²) in [7, 11) is -4.41. The van der Waals surface area contributed by atoms with E-state index in [9.17, 15) is 8.78 Å². The van der Waals surface area contributed by atoms with E-state index in [1.54, 1.807) is 12.1 Å². The van der Waals surface area contributed by atoms with Crippen molar-refractivity contribution in [3.8, 4) is 22.9 Å². The molecule has 6 atom stereocenters. The largest absolute Gasteiger partial charge is 0.195 e. The zero-order chi connectivity index (χ0) is 43.3. The molecular weight excluding hydrogens is 807 g/mol. The van der Waals surface area contributed by atoms with Gasteiger partial charge in [-0.1, -0.05) is 133 Å². The molecule has 6 unspecified atom stereocenters. The van der Waals surface area contributed by atoms with E-state index in [2.05, 4.69) is 155 Å². The number of halogens is 2. The molecule has 0 aliphatic heterocycles. The number of fused-ring (bicyclic) bond motifs is 6. The first kappa shape index (κ1) is 44.5. The van der Waals surface area contributed by atoms with E-state index in [1.807, 2.05) is 0 Å². The molecule has 7 rings (SSSR count). The summed E-state index contributed by atoms with van der Waals surface area (Å²) in [5.74, 6) is 8.14. The highest BCUT2D eigenvalue weighted by atomic mass is 32.1. The molecule has 7 aromatic rings. The predicted molar refractivity (Wildman–Crippen MR) is 271 cm³/mol. The van der Waals surface area contributed by atoms with E-state index in [1.165, 1.54) is 22.7 Å². The molecule has 2 heterocycles. The van der Waals surface area contributed by atoms with Gasteiger partial charge in [0.05, 0.1) is 0 Å². The Morgan fingerprint density at radius 3 is 0.933 bits per heavy atom. The van der Waals surface area contributed by atoms with E-state index in [0.29, 0.717) is 33.2 Å². The average Bonchev–Trinajstić information content (AvgIpc) is 3.81. The smallest absolute Gasteiger partial charge is 0.177 e. The van der Waals surface area contributed by atoms with E-state index < -0.39 is 16.1 Å². The van der Waals surface area contributed by atoms with Crippen LogP contribution < -0.4 is 0 Å². The molecule has 0 bridgehead atoms. The lowest BCUT2D eigenvalue weighted by atomic mass is 9.88. The monoisotopic (exact) mass is 870 g/mol. The van der Waals surface area contributed by atoms with Crippen molar-refractivity contribution < 1.29 is 8.78 Å². The van der Waals surface area contributed by atoms with Gasteiger partial charge in [0.1, 0.15) is 16.1 Å². The molecule has 2 aromatic heterocycles. The quantitative estimate of drug-likeness (QED) is 0.0652. The fourth-order valence-corrected chi connectivity index (χ4v) is 24.7. The fraction of sp³-hybridized carbons (Fsp3) is 0.444. The Balaban J connectivity index is 1.72. The highest BCUT2D eigenvalue weighted by Crippen LogP contribution is 2.48. The van der Waals surface area contributed by atoms with E-state index in [4.69, 9.17) is 0 Å². The minimum absolute atomic E-state index is 0.164. The van der Waals surface area contributed by atoms with Gasteiger partial charge in [-0.2, -0.15) is 8.78 Å². The molecule has 0 fully saturated rings. The Hall–Kier alpha value is -3.53. The lowest BCUT2D eigenvalue weighted by Crippen LogP contribution is -2.45. The van der Waals surface area contributed by atoms with Gasteiger partial charge < -0.3 is 0 Å². The molecule has 0 amide bonds. The second-order valence-electron chi connectivity index (χ2n) is 18.3. The third-order valence-corrected chi connectivity index (χ3v) is 30.7. The van der Waals surface area contributed by atoms with E-state index in [0.717, 1.165) is 113 Å². The van der Waals surface area contributed by atoms with Gasteiger partial charge in [0.2, 0.25) is 0 Å². The summed E-state index contributed by atoms with van der Waals surface area (Å²) in [6, 6.07) is 21.3. The van der Waals surface area contributed by atoms with Gasteiger partial charge in [-0.15, -0.1) is 33.8 Å². The van der Waals surface area contributed by atoms with Gasteiger partial charge in [-0.3, -0.25) is 0 Å². The van der Waals surface area contributed by atoms with Crippen molar-refractivity contribution in [1.82, 2.24) is 0 Å². The van der Waals surface area contributed by atoms with Crippen molar-refractivity contribution in [2.24, 2.45) is 0 Å². The van der Waals surface area contributed by atoms with Gasteiger partial charge in [-0.05, 0) is 148 Å². The maximum atomic E-state index is 14.8. The maximum absolute atomic E-state index is 14.8. The molecule has 0 saturated heterocycles. The Bertz CT molecular complexity index is 2480. The van der Waals surface area contributed by atoms with E-state index >= 15 is 0 Å². The standard InChI is InChI=1S/C54H64F2S2Si2/c1-13-33(7)59(34(8)14-2,35(9)15-3)21-19-45-47-25-39-23-43-31-53(55)58-52(43)30-42(39)28-50(47)46(20-22-60(36(10)16-4,37(11)17-5)38(12)18-6)48-26-40-24-44-32-54(56)57-51(44)29-41(40)27-49(45)48/h23-38H,13-18H2,1-12H3. The number of hydrogen-bond donors (Lipinski definition) is 0. The zero-order valence-electron chi connectivity index (χ0n) is 38.1. The van der Waals surface area contributed by atoms with Crippen LogP contribution >= 0.6 is 22.7 Å². The van der Waals surface area contributed by atoms with Crippen LogP contribution in [0.3, 0.4) is 0 Å². The molecule has 314 valence electrons. The summed E-state index contributed by atoms with van der Waals surface area (Å²) in [5, 5.41) is 10.4. The lowest BCUT2D eigenvalue weighted by Gasteiger charge is -2.42. The lowest BCUT2D eigenvalue weighted by molar-refractivity contribution is 0.658. The van der Waals surface area contributed by atoms with Crippen molar-refractivity contribution in [3.63, 3.8) is 0 Å². The Morgan fingerprint density at radius 1 is 0.400 bits per heavy atom. The van der Waals surface area contributed by atoms with Gasteiger partial charge in [0.25, 0.3) is 0 Å². The summed E-state index contributed by atoms with van der Waals surface area (Å²) in [5.41, 5.74) is 13.9. The van der Waals surface area contributed by atoms with Crippen molar-refractivity contribution in [3.05, 3.63) is 82.1 Å². The van der Waals surface area contributed by atoms with Crippen molar-refractivity contribution in [2.75, 3.05) is 0 Å². The predicted octanol–water partition coefficient (Wildman–Crippen LogP) is 18.5. The van der Waals surface area contributed by atoms with Crippen molar-refractivity contribution in [1.29, 1.82) is 0 Å². The third-order valence-electron chi connectivity index (χ3n) is 15.6. The second-order valence-corrected chi connectivity index (χ2v) is 30.6. The van der Waals surface area contributed by atoms with Crippen LogP contribution in [0.2, 0.25) is 33.2 Å². The summed E-state index contributed by atoms with van der Waals surface area (Å²) in [6.45, 7) is 28.9. The average molecular weight is 871 g/mol. The minimum Gasteiger partial charge on any atom is -0.195 e.